The van der Waals surface area contributed by atoms with E-state index in [1.807, 2.05) is 6.07 Å². The van der Waals surface area contributed by atoms with Crippen molar-refractivity contribution in [3.63, 3.8) is 0 Å². The molecule has 0 saturated heterocycles. The highest BCUT2D eigenvalue weighted by atomic mass is 19.1. The van der Waals surface area contributed by atoms with Crippen LogP contribution < -0.4 is 5.32 Å². The van der Waals surface area contributed by atoms with E-state index in [0.29, 0.717) is 17.1 Å². The van der Waals surface area contributed by atoms with E-state index < -0.39 is 0 Å². The molecule has 3 rings (SSSR count). The molecule has 0 unspecified atom stereocenters. The van der Waals surface area contributed by atoms with Crippen LogP contribution in [0.5, 0.6) is 0 Å². The number of hydrogen-bond acceptors (Lipinski definition) is 4. The number of pyridine rings is 1. The first-order valence-electron chi connectivity index (χ1n) is 6.97. The molecule has 1 aromatic carbocycles. The Bertz CT molecular complexity index is 806. The Labute approximate surface area is 132 Å². The summed E-state index contributed by atoms with van der Waals surface area (Å²) in [7, 11) is 0. The number of nitrogens with one attached hydrogen (secondary N) is 1. The minimum absolute atomic E-state index is 0.0854. The Morgan fingerprint density at radius 1 is 1.09 bits per heavy atom. The van der Waals surface area contributed by atoms with Crippen LogP contribution in [0.3, 0.4) is 0 Å². The van der Waals surface area contributed by atoms with E-state index in [1.54, 1.807) is 30.6 Å². The van der Waals surface area contributed by atoms with Crippen molar-refractivity contribution in [1.82, 2.24) is 15.0 Å². The zero-order valence-electron chi connectivity index (χ0n) is 12.1. The van der Waals surface area contributed by atoms with Crippen LogP contribution >= 0.6 is 0 Å². The van der Waals surface area contributed by atoms with Gasteiger partial charge in [-0.15, -0.1) is 0 Å². The van der Waals surface area contributed by atoms with Crippen LogP contribution in [-0.4, -0.2) is 20.9 Å². The smallest absolute Gasteiger partial charge is 0.228 e. The molecule has 6 heteroatoms. The Kier molecular flexibility index (Phi) is 4.33. The molecule has 3 aromatic rings. The lowest BCUT2D eigenvalue weighted by molar-refractivity contribution is -0.115. The molecule has 23 heavy (non-hydrogen) atoms. The van der Waals surface area contributed by atoms with Crippen LogP contribution in [-0.2, 0) is 11.2 Å². The molecular formula is C17H13FN4O. The van der Waals surface area contributed by atoms with Crippen LogP contribution in [0, 0.1) is 5.82 Å². The maximum Gasteiger partial charge on any atom is 0.228 e. The van der Waals surface area contributed by atoms with Gasteiger partial charge in [0.15, 0.2) is 5.82 Å². The summed E-state index contributed by atoms with van der Waals surface area (Å²) in [5.74, 6) is -0.0889. The number of aromatic nitrogens is 3. The molecule has 0 radical (unpaired) electrons. The molecule has 0 atom stereocenters. The maximum absolute atomic E-state index is 13.1. The van der Waals surface area contributed by atoms with E-state index in [1.165, 1.54) is 24.5 Å². The second kappa shape index (κ2) is 6.74. The summed E-state index contributed by atoms with van der Waals surface area (Å²) in [5.41, 5.74) is 1.89. The summed E-state index contributed by atoms with van der Waals surface area (Å²) < 4.78 is 13.1. The summed E-state index contributed by atoms with van der Waals surface area (Å²) in [6, 6.07) is 9.60. The first-order valence-corrected chi connectivity index (χ1v) is 6.97. The molecule has 0 aliphatic heterocycles. The zero-order valence-corrected chi connectivity index (χ0v) is 12.1. The summed E-state index contributed by atoms with van der Waals surface area (Å²) in [6.45, 7) is 0. The highest BCUT2D eigenvalue weighted by Crippen LogP contribution is 2.14. The lowest BCUT2D eigenvalue weighted by Gasteiger charge is -2.06. The normalized spacial score (nSPS) is 10.3. The molecule has 2 aromatic heterocycles. The van der Waals surface area contributed by atoms with Gasteiger partial charge in [-0.2, -0.15) is 0 Å². The van der Waals surface area contributed by atoms with Gasteiger partial charge in [-0.1, -0.05) is 12.1 Å². The summed E-state index contributed by atoms with van der Waals surface area (Å²) in [4.78, 5) is 24.3. The van der Waals surface area contributed by atoms with Crippen LogP contribution in [0.2, 0.25) is 0 Å². The fourth-order valence-electron chi connectivity index (χ4n) is 2.07. The van der Waals surface area contributed by atoms with E-state index in [4.69, 9.17) is 0 Å². The number of nitrogens with zero attached hydrogens (tertiary/aromatic N) is 3. The van der Waals surface area contributed by atoms with Gasteiger partial charge in [-0.05, 0) is 29.8 Å². The quantitative estimate of drug-likeness (QED) is 0.804. The van der Waals surface area contributed by atoms with Gasteiger partial charge < -0.3 is 5.32 Å². The molecule has 114 valence electrons. The van der Waals surface area contributed by atoms with Crippen LogP contribution in [0.4, 0.5) is 10.1 Å². The van der Waals surface area contributed by atoms with Gasteiger partial charge in [0.05, 0.1) is 24.5 Å². The molecule has 0 aliphatic carbocycles. The van der Waals surface area contributed by atoms with Crippen molar-refractivity contribution < 1.29 is 9.18 Å². The summed E-state index contributed by atoms with van der Waals surface area (Å²) in [5, 5.41) is 2.69. The topological polar surface area (TPSA) is 67.8 Å². The highest BCUT2D eigenvalue weighted by molar-refractivity contribution is 5.92. The Morgan fingerprint density at radius 2 is 1.91 bits per heavy atom. The molecule has 0 bridgehead atoms. The minimum Gasteiger partial charge on any atom is -0.323 e. The monoisotopic (exact) mass is 308 g/mol. The zero-order chi connectivity index (χ0) is 16.1. The Hall–Kier alpha value is -3.15. The first kappa shape index (κ1) is 14.8. The largest absolute Gasteiger partial charge is 0.323 e. The third kappa shape index (κ3) is 3.94. The number of benzene rings is 1. The van der Waals surface area contributed by atoms with Crippen molar-refractivity contribution in [1.29, 1.82) is 0 Å². The predicted octanol–water partition coefficient (Wildman–Crippen LogP) is 2.86. The molecule has 0 fully saturated rings. The van der Waals surface area contributed by atoms with E-state index in [2.05, 4.69) is 20.3 Å². The molecule has 5 nitrogen and oxygen atoms in total. The van der Waals surface area contributed by atoms with E-state index >= 15 is 0 Å². The number of anilines is 1. The number of halogens is 1. The van der Waals surface area contributed by atoms with Crippen LogP contribution in [0.15, 0.2) is 61.2 Å². The molecule has 1 N–H and O–H groups in total. The molecular weight excluding hydrogens is 295 g/mol. The van der Waals surface area contributed by atoms with Crippen LogP contribution in [0.25, 0.3) is 11.4 Å². The second-order valence-corrected chi connectivity index (χ2v) is 4.89. The van der Waals surface area contributed by atoms with Crippen molar-refractivity contribution in [2.24, 2.45) is 0 Å². The third-order valence-electron chi connectivity index (χ3n) is 3.11. The van der Waals surface area contributed by atoms with Crippen molar-refractivity contribution >= 4 is 11.6 Å². The standard InChI is InChI=1S/C17H13FN4O/c18-14-5-1-3-12(7-14)8-16(23)22-15-10-20-17(21-11-15)13-4-2-6-19-9-13/h1-7,9-11H,8H2,(H,22,23). The summed E-state index contributed by atoms with van der Waals surface area (Å²) >= 11 is 0. The van der Waals surface area contributed by atoms with Gasteiger partial charge in [-0.3, -0.25) is 9.78 Å². The second-order valence-electron chi connectivity index (χ2n) is 4.89. The maximum atomic E-state index is 13.1. The highest BCUT2D eigenvalue weighted by Gasteiger charge is 2.06. The number of carbonyl (C=O) groups excluding carboxylic acids is 1. The SMILES string of the molecule is O=C(Cc1cccc(F)c1)Nc1cnc(-c2cccnc2)nc1. The fraction of sp³-hybridized carbons (Fsp3) is 0.0588. The van der Waals surface area contributed by atoms with Crippen molar-refractivity contribution in [3.8, 4) is 11.4 Å². The van der Waals surface area contributed by atoms with Crippen LogP contribution in [0.1, 0.15) is 5.56 Å². The molecule has 1 amide bonds. The molecule has 0 saturated carbocycles. The number of carbonyl (C=O) groups is 1. The van der Waals surface area contributed by atoms with Crippen molar-refractivity contribution in [3.05, 3.63) is 72.6 Å². The van der Waals surface area contributed by atoms with Gasteiger partial charge in [0.25, 0.3) is 0 Å². The molecule has 0 aliphatic rings. The van der Waals surface area contributed by atoms with Gasteiger partial charge in [0.2, 0.25) is 5.91 Å². The predicted molar refractivity (Wildman–Crippen MR) is 84.0 cm³/mol. The average molecular weight is 308 g/mol. The Morgan fingerprint density at radius 3 is 2.61 bits per heavy atom. The molecule has 0 spiro atoms. The van der Waals surface area contributed by atoms with Gasteiger partial charge in [-0.25, -0.2) is 14.4 Å². The summed E-state index contributed by atoms with van der Waals surface area (Å²) in [6.07, 6.45) is 6.47. The first-order chi connectivity index (χ1) is 11.2. The minimum atomic E-state index is -0.362. The Balaban J connectivity index is 1.65. The van der Waals surface area contributed by atoms with E-state index in [9.17, 15) is 9.18 Å². The third-order valence-corrected chi connectivity index (χ3v) is 3.11. The lowest BCUT2D eigenvalue weighted by atomic mass is 10.1. The van der Waals surface area contributed by atoms with Crippen molar-refractivity contribution in [2.45, 2.75) is 6.42 Å². The van der Waals surface area contributed by atoms with Crippen molar-refractivity contribution in [2.75, 3.05) is 5.32 Å². The number of hydrogen-bond donors (Lipinski definition) is 1. The number of amides is 1. The lowest BCUT2D eigenvalue weighted by Crippen LogP contribution is -2.14. The van der Waals surface area contributed by atoms with Gasteiger partial charge >= 0.3 is 0 Å². The molecule has 2 heterocycles. The average Bonchev–Trinajstić information content (AvgIpc) is 2.56. The number of rotatable bonds is 4. The van der Waals surface area contributed by atoms with E-state index in [-0.39, 0.29) is 18.1 Å². The van der Waals surface area contributed by atoms with Gasteiger partial charge in [0, 0.05) is 18.0 Å². The van der Waals surface area contributed by atoms with Gasteiger partial charge in [0.1, 0.15) is 5.82 Å². The van der Waals surface area contributed by atoms with E-state index in [0.717, 1.165) is 5.56 Å². The fourth-order valence-corrected chi connectivity index (χ4v) is 2.07.